The highest BCUT2D eigenvalue weighted by Crippen LogP contribution is 2.32. The van der Waals surface area contributed by atoms with Gasteiger partial charge in [-0.1, -0.05) is 6.07 Å². The van der Waals surface area contributed by atoms with Crippen LogP contribution in [0.1, 0.15) is 27.2 Å². The highest BCUT2D eigenvalue weighted by molar-refractivity contribution is 6.05. The lowest BCUT2D eigenvalue weighted by molar-refractivity contribution is -0.137. The molecular weight excluding hydrogens is 547 g/mol. The second-order valence-corrected chi connectivity index (χ2v) is 9.63. The Bertz CT molecular complexity index is 1980. The molecule has 4 aromatic heterocycles. The van der Waals surface area contributed by atoms with Gasteiger partial charge in [0.15, 0.2) is 5.82 Å². The number of carbonyl (C=O) groups excluding carboxylic acids is 1. The molecule has 13 heteroatoms. The monoisotopic (exact) mass is 569 g/mol. The fourth-order valence-corrected chi connectivity index (χ4v) is 4.49. The molecule has 0 radical (unpaired) electrons. The minimum Gasteiger partial charge on any atom is -0.384 e. The van der Waals surface area contributed by atoms with Crippen LogP contribution in [0.5, 0.6) is 0 Å². The van der Waals surface area contributed by atoms with Crippen molar-refractivity contribution in [2.24, 2.45) is 0 Å². The largest absolute Gasteiger partial charge is 0.416 e. The van der Waals surface area contributed by atoms with Crippen LogP contribution >= 0.6 is 0 Å². The summed E-state index contributed by atoms with van der Waals surface area (Å²) in [4.78, 5) is 34.7. The van der Waals surface area contributed by atoms with Crippen molar-refractivity contribution in [3.8, 4) is 22.9 Å². The van der Waals surface area contributed by atoms with Gasteiger partial charge >= 0.3 is 6.18 Å². The van der Waals surface area contributed by atoms with Crippen molar-refractivity contribution in [2.45, 2.75) is 20.0 Å². The van der Waals surface area contributed by atoms with Crippen LogP contribution in [0, 0.1) is 13.8 Å². The number of aromatic nitrogens is 7. The van der Waals surface area contributed by atoms with E-state index in [0.29, 0.717) is 40.1 Å². The molecule has 0 fully saturated rings. The van der Waals surface area contributed by atoms with Gasteiger partial charge in [-0.05, 0) is 55.8 Å². The number of hydrogen-bond donors (Lipinski definition) is 2. The Morgan fingerprint density at radius 1 is 0.976 bits per heavy atom. The van der Waals surface area contributed by atoms with E-state index in [1.165, 1.54) is 23.3 Å². The normalized spacial score (nSPS) is 11.6. The predicted octanol–water partition coefficient (Wildman–Crippen LogP) is 5.53. The van der Waals surface area contributed by atoms with Crippen LogP contribution in [0.25, 0.3) is 33.9 Å². The molecule has 0 bridgehead atoms. The number of nitrogens with two attached hydrogens (primary N) is 1. The van der Waals surface area contributed by atoms with Gasteiger partial charge in [-0.3, -0.25) is 9.36 Å². The van der Waals surface area contributed by atoms with Crippen LogP contribution in [0.4, 0.5) is 24.7 Å². The smallest absolute Gasteiger partial charge is 0.384 e. The van der Waals surface area contributed by atoms with Crippen molar-refractivity contribution < 1.29 is 18.0 Å². The van der Waals surface area contributed by atoms with Crippen molar-refractivity contribution in [1.29, 1.82) is 0 Å². The third-order valence-corrected chi connectivity index (χ3v) is 6.60. The fraction of sp³-hybridized carbons (Fsp3) is 0.103. The van der Waals surface area contributed by atoms with Crippen molar-refractivity contribution in [2.75, 3.05) is 11.1 Å². The second kappa shape index (κ2) is 10.1. The summed E-state index contributed by atoms with van der Waals surface area (Å²) in [7, 11) is 0. The van der Waals surface area contributed by atoms with Gasteiger partial charge in [0.2, 0.25) is 0 Å². The Morgan fingerprint density at radius 3 is 2.55 bits per heavy atom. The number of hydrogen-bond acceptors (Lipinski definition) is 7. The molecule has 10 nitrogen and oxygen atoms in total. The van der Waals surface area contributed by atoms with E-state index in [-0.39, 0.29) is 11.3 Å². The number of imidazole rings is 1. The maximum Gasteiger partial charge on any atom is 0.416 e. The van der Waals surface area contributed by atoms with Gasteiger partial charge in [0, 0.05) is 52.5 Å². The molecule has 210 valence electrons. The molecule has 6 rings (SSSR count). The summed E-state index contributed by atoms with van der Waals surface area (Å²) in [6, 6.07) is 11.8. The maximum absolute atomic E-state index is 13.7. The van der Waals surface area contributed by atoms with E-state index in [1.54, 1.807) is 54.3 Å². The van der Waals surface area contributed by atoms with Gasteiger partial charge in [-0.2, -0.15) is 13.2 Å². The summed E-state index contributed by atoms with van der Waals surface area (Å²) in [5.74, 6) is 0.519. The molecular formula is C29H22F3N9O. The molecule has 42 heavy (non-hydrogen) atoms. The Balaban J connectivity index is 1.34. The molecule has 3 N–H and O–H groups in total. The average Bonchev–Trinajstić information content (AvgIpc) is 3.59. The molecule has 1 amide bonds. The number of nitrogen functional groups attached to an aromatic ring is 1. The Hall–Kier alpha value is -5.59. The number of rotatable bonds is 5. The number of amides is 1. The molecule has 0 atom stereocenters. The lowest BCUT2D eigenvalue weighted by Gasteiger charge is -2.14. The molecule has 0 spiro atoms. The number of nitrogens with zero attached hydrogens (tertiary/aromatic N) is 7. The first-order chi connectivity index (χ1) is 20.0. The van der Waals surface area contributed by atoms with E-state index >= 15 is 0 Å². The van der Waals surface area contributed by atoms with Crippen LogP contribution in [0.3, 0.4) is 0 Å². The second-order valence-electron chi connectivity index (χ2n) is 9.63. The molecule has 0 unspecified atom stereocenters. The third-order valence-electron chi connectivity index (χ3n) is 6.60. The van der Waals surface area contributed by atoms with Crippen LogP contribution in [-0.4, -0.2) is 40.0 Å². The third kappa shape index (κ3) is 5.14. The zero-order valence-corrected chi connectivity index (χ0v) is 22.3. The summed E-state index contributed by atoms with van der Waals surface area (Å²) in [6.07, 6.45) is 3.15. The lowest BCUT2D eigenvalue weighted by Crippen LogP contribution is -2.15. The molecule has 0 aliphatic heterocycles. The molecule has 0 aliphatic carbocycles. The van der Waals surface area contributed by atoms with Crippen molar-refractivity contribution in [1.82, 2.24) is 34.1 Å². The Labute approximate surface area is 236 Å². The summed E-state index contributed by atoms with van der Waals surface area (Å²) < 4.78 is 44.3. The van der Waals surface area contributed by atoms with E-state index in [1.807, 2.05) is 13.0 Å². The van der Waals surface area contributed by atoms with E-state index < -0.39 is 17.6 Å². The van der Waals surface area contributed by atoms with Crippen molar-refractivity contribution >= 4 is 28.4 Å². The van der Waals surface area contributed by atoms with Gasteiger partial charge in [0.05, 0.1) is 17.6 Å². The predicted molar refractivity (Wildman–Crippen MR) is 150 cm³/mol. The highest BCUT2D eigenvalue weighted by atomic mass is 19.4. The van der Waals surface area contributed by atoms with Crippen LogP contribution in [0.15, 0.2) is 79.8 Å². The van der Waals surface area contributed by atoms with Crippen molar-refractivity contribution in [3.63, 3.8) is 0 Å². The van der Waals surface area contributed by atoms with E-state index in [9.17, 15) is 18.0 Å². The van der Waals surface area contributed by atoms with Gasteiger partial charge in [0.25, 0.3) is 5.91 Å². The van der Waals surface area contributed by atoms with Crippen LogP contribution < -0.4 is 11.1 Å². The zero-order valence-electron chi connectivity index (χ0n) is 22.3. The van der Waals surface area contributed by atoms with Gasteiger partial charge in [-0.25, -0.2) is 24.9 Å². The van der Waals surface area contributed by atoms with Gasteiger partial charge < -0.3 is 15.6 Å². The molecule has 6 aromatic rings. The minimum atomic E-state index is -4.65. The number of nitrogens with one attached hydrogen (secondary N) is 1. The van der Waals surface area contributed by atoms with Crippen molar-refractivity contribution in [3.05, 3.63) is 102 Å². The topological polar surface area (TPSA) is 129 Å². The Kier molecular flexibility index (Phi) is 6.41. The quantitative estimate of drug-likeness (QED) is 0.279. The summed E-state index contributed by atoms with van der Waals surface area (Å²) in [6.45, 7) is 3.59. The SMILES string of the molecule is Cc1cn(-c2cc(C(=O)Nc3ccc(C)c(-c4ncc5ccn(-c6cc(N)ncn6)c5n4)c3)cc(C(F)(F)F)c2)cn1. The van der Waals surface area contributed by atoms with Crippen LogP contribution in [-0.2, 0) is 6.18 Å². The summed E-state index contributed by atoms with van der Waals surface area (Å²) in [5.41, 5.74) is 7.90. The average molecular weight is 570 g/mol. The molecule has 4 heterocycles. The minimum absolute atomic E-state index is 0.159. The first-order valence-corrected chi connectivity index (χ1v) is 12.6. The molecule has 0 saturated heterocycles. The Morgan fingerprint density at radius 2 is 1.81 bits per heavy atom. The lowest BCUT2D eigenvalue weighted by atomic mass is 10.1. The maximum atomic E-state index is 13.7. The zero-order chi connectivity index (χ0) is 29.6. The van der Waals surface area contributed by atoms with Gasteiger partial charge in [0.1, 0.15) is 23.6 Å². The first kappa shape index (κ1) is 26.6. The molecule has 2 aromatic carbocycles. The van der Waals surface area contributed by atoms with E-state index in [4.69, 9.17) is 10.7 Å². The first-order valence-electron chi connectivity index (χ1n) is 12.6. The van der Waals surface area contributed by atoms with Crippen LogP contribution in [0.2, 0.25) is 0 Å². The van der Waals surface area contributed by atoms with Gasteiger partial charge in [-0.15, -0.1) is 0 Å². The number of fused-ring (bicyclic) bond motifs is 1. The van der Waals surface area contributed by atoms with E-state index in [2.05, 4.69) is 25.3 Å². The fourth-order valence-electron chi connectivity index (χ4n) is 4.49. The summed E-state index contributed by atoms with van der Waals surface area (Å²) in [5, 5.41) is 3.48. The number of benzene rings is 2. The number of alkyl halides is 3. The number of carbonyl (C=O) groups is 1. The number of anilines is 2. The highest BCUT2D eigenvalue weighted by Gasteiger charge is 2.32. The molecule has 0 saturated carbocycles. The molecule has 0 aliphatic rings. The number of halogens is 3. The van der Waals surface area contributed by atoms with E-state index in [0.717, 1.165) is 23.1 Å². The number of aryl methyl sites for hydroxylation is 2. The standard InChI is InChI=1S/C29H22F3N9O/c1-16-3-4-21(38-28(42)19-7-20(29(30,31)32)9-22(8-19)40-13-17(2)37-15-40)10-23(16)26-34-12-18-5-6-41(27(18)39-26)25-11-24(33)35-14-36-25/h3-15H,1-2H3,(H,38,42)(H2,33,35,36). The summed E-state index contributed by atoms with van der Waals surface area (Å²) >= 11 is 0.